The molecule has 1 atom stereocenters. The van der Waals surface area contributed by atoms with Crippen molar-refractivity contribution in [2.24, 2.45) is 5.73 Å². The second-order valence-electron chi connectivity index (χ2n) is 3.58. The molecule has 1 aromatic rings. The van der Waals surface area contributed by atoms with Gasteiger partial charge in [-0.2, -0.15) is 5.26 Å². The smallest absolute Gasteiger partial charge is 0.122 e. The highest BCUT2D eigenvalue weighted by molar-refractivity contribution is 5.44. The van der Waals surface area contributed by atoms with Crippen LogP contribution >= 0.6 is 0 Å². The standard InChI is InChI=1S/C12H16N2O/c1-8-9(2)12(15-3)5-4-10(8)11(14)6-7-13/h4-5,11H,6,14H2,1-3H3. The molecule has 1 unspecified atom stereocenters. The molecule has 0 saturated carbocycles. The van der Waals surface area contributed by atoms with E-state index in [1.165, 1.54) is 0 Å². The van der Waals surface area contributed by atoms with Crippen molar-refractivity contribution < 1.29 is 4.74 Å². The fraction of sp³-hybridized carbons (Fsp3) is 0.417. The van der Waals surface area contributed by atoms with Crippen LogP contribution in [0.3, 0.4) is 0 Å². The zero-order valence-corrected chi connectivity index (χ0v) is 9.37. The minimum absolute atomic E-state index is 0.209. The summed E-state index contributed by atoms with van der Waals surface area (Å²) in [6.45, 7) is 4.00. The van der Waals surface area contributed by atoms with E-state index in [-0.39, 0.29) is 6.04 Å². The Hall–Kier alpha value is -1.53. The van der Waals surface area contributed by atoms with Gasteiger partial charge in [-0.3, -0.25) is 0 Å². The fourth-order valence-electron chi connectivity index (χ4n) is 1.65. The predicted octanol–water partition coefficient (Wildman–Crippen LogP) is 2.23. The predicted molar refractivity (Wildman–Crippen MR) is 59.6 cm³/mol. The summed E-state index contributed by atoms with van der Waals surface area (Å²) in [5.41, 5.74) is 9.12. The Bertz CT molecular complexity index is 393. The maximum Gasteiger partial charge on any atom is 0.122 e. The van der Waals surface area contributed by atoms with E-state index in [2.05, 4.69) is 6.07 Å². The number of hydrogen-bond acceptors (Lipinski definition) is 3. The maximum absolute atomic E-state index is 8.60. The third-order valence-corrected chi connectivity index (χ3v) is 2.71. The molecule has 80 valence electrons. The van der Waals surface area contributed by atoms with Crippen LogP contribution in [0.5, 0.6) is 5.75 Å². The van der Waals surface area contributed by atoms with E-state index in [0.29, 0.717) is 6.42 Å². The van der Waals surface area contributed by atoms with Gasteiger partial charge in [0.15, 0.2) is 0 Å². The van der Waals surface area contributed by atoms with Crippen molar-refractivity contribution in [3.05, 3.63) is 28.8 Å². The molecule has 1 rings (SSSR count). The quantitative estimate of drug-likeness (QED) is 0.821. The van der Waals surface area contributed by atoms with E-state index >= 15 is 0 Å². The summed E-state index contributed by atoms with van der Waals surface area (Å²) < 4.78 is 5.21. The largest absolute Gasteiger partial charge is 0.496 e. The SMILES string of the molecule is COc1ccc(C(N)CC#N)c(C)c1C. The molecule has 0 heterocycles. The van der Waals surface area contributed by atoms with Gasteiger partial charge in [0.2, 0.25) is 0 Å². The Labute approximate surface area is 90.5 Å². The molecule has 15 heavy (non-hydrogen) atoms. The topological polar surface area (TPSA) is 59.0 Å². The van der Waals surface area contributed by atoms with Crippen LogP contribution in [0.1, 0.15) is 29.2 Å². The summed E-state index contributed by atoms with van der Waals surface area (Å²) in [6, 6.07) is 5.71. The van der Waals surface area contributed by atoms with Crippen LogP contribution in [0, 0.1) is 25.2 Å². The number of ether oxygens (including phenoxy) is 1. The number of nitrogens with two attached hydrogens (primary N) is 1. The molecule has 0 amide bonds. The number of rotatable bonds is 3. The van der Waals surface area contributed by atoms with E-state index in [1.54, 1.807) is 7.11 Å². The molecule has 3 heteroatoms. The first-order valence-electron chi connectivity index (χ1n) is 4.88. The molecule has 0 aliphatic rings. The lowest BCUT2D eigenvalue weighted by molar-refractivity contribution is 0.411. The first-order chi connectivity index (χ1) is 7.11. The van der Waals surface area contributed by atoms with Gasteiger partial charge >= 0.3 is 0 Å². The van der Waals surface area contributed by atoms with E-state index in [0.717, 1.165) is 22.4 Å². The van der Waals surface area contributed by atoms with Gasteiger partial charge in [-0.15, -0.1) is 0 Å². The molecular formula is C12H16N2O. The molecule has 0 radical (unpaired) electrons. The van der Waals surface area contributed by atoms with Crippen molar-refractivity contribution in [3.63, 3.8) is 0 Å². The van der Waals surface area contributed by atoms with Crippen molar-refractivity contribution in [1.82, 2.24) is 0 Å². The Morgan fingerprint density at radius 3 is 2.60 bits per heavy atom. The summed E-state index contributed by atoms with van der Waals surface area (Å²) in [5.74, 6) is 0.861. The first kappa shape index (κ1) is 11.5. The average Bonchev–Trinajstić information content (AvgIpc) is 2.22. The molecule has 0 aliphatic heterocycles. The zero-order chi connectivity index (χ0) is 11.4. The van der Waals surface area contributed by atoms with E-state index in [4.69, 9.17) is 15.7 Å². The maximum atomic E-state index is 8.60. The van der Waals surface area contributed by atoms with Gasteiger partial charge in [-0.05, 0) is 36.6 Å². The molecule has 3 nitrogen and oxygen atoms in total. The van der Waals surface area contributed by atoms with Gasteiger partial charge in [-0.25, -0.2) is 0 Å². The molecule has 0 bridgehead atoms. The van der Waals surface area contributed by atoms with Crippen molar-refractivity contribution >= 4 is 0 Å². The second-order valence-corrected chi connectivity index (χ2v) is 3.58. The molecule has 0 saturated heterocycles. The number of methoxy groups -OCH3 is 1. The van der Waals surface area contributed by atoms with Crippen LogP contribution in [-0.4, -0.2) is 7.11 Å². The molecule has 0 aliphatic carbocycles. The van der Waals surface area contributed by atoms with Gasteiger partial charge in [0.1, 0.15) is 5.75 Å². The van der Waals surface area contributed by atoms with Crippen LogP contribution in [0.15, 0.2) is 12.1 Å². The van der Waals surface area contributed by atoms with Crippen molar-refractivity contribution in [2.75, 3.05) is 7.11 Å². The lowest BCUT2D eigenvalue weighted by Gasteiger charge is -2.15. The lowest BCUT2D eigenvalue weighted by atomic mass is 9.96. The van der Waals surface area contributed by atoms with E-state index in [9.17, 15) is 0 Å². The van der Waals surface area contributed by atoms with Gasteiger partial charge in [0.05, 0.1) is 19.6 Å². The van der Waals surface area contributed by atoms with Gasteiger partial charge < -0.3 is 10.5 Å². The fourth-order valence-corrected chi connectivity index (χ4v) is 1.65. The molecule has 1 aromatic carbocycles. The van der Waals surface area contributed by atoms with Crippen LogP contribution in [-0.2, 0) is 0 Å². The van der Waals surface area contributed by atoms with Gasteiger partial charge in [0.25, 0.3) is 0 Å². The minimum Gasteiger partial charge on any atom is -0.496 e. The number of hydrogen-bond donors (Lipinski definition) is 1. The Balaban J connectivity index is 3.12. The van der Waals surface area contributed by atoms with Crippen LogP contribution in [0.4, 0.5) is 0 Å². The third kappa shape index (κ3) is 2.28. The molecule has 2 N–H and O–H groups in total. The summed E-state index contributed by atoms with van der Waals surface area (Å²) >= 11 is 0. The van der Waals surface area contributed by atoms with Crippen LogP contribution in [0.2, 0.25) is 0 Å². The minimum atomic E-state index is -0.209. The molecule has 0 aromatic heterocycles. The monoisotopic (exact) mass is 204 g/mol. The zero-order valence-electron chi connectivity index (χ0n) is 9.37. The van der Waals surface area contributed by atoms with Crippen molar-refractivity contribution in [2.45, 2.75) is 26.3 Å². The first-order valence-corrected chi connectivity index (χ1v) is 4.88. The number of nitriles is 1. The van der Waals surface area contributed by atoms with Crippen molar-refractivity contribution in [3.8, 4) is 11.8 Å². The second kappa shape index (κ2) is 4.81. The third-order valence-electron chi connectivity index (χ3n) is 2.71. The van der Waals surface area contributed by atoms with Gasteiger partial charge in [0, 0.05) is 6.04 Å². The summed E-state index contributed by atoms with van der Waals surface area (Å²) in [4.78, 5) is 0. The number of benzene rings is 1. The van der Waals surface area contributed by atoms with Gasteiger partial charge in [-0.1, -0.05) is 6.07 Å². The summed E-state index contributed by atoms with van der Waals surface area (Å²) in [6.07, 6.45) is 0.340. The number of nitrogens with zero attached hydrogens (tertiary/aromatic N) is 1. The molecule has 0 fully saturated rings. The van der Waals surface area contributed by atoms with E-state index < -0.39 is 0 Å². The van der Waals surface area contributed by atoms with Crippen LogP contribution in [0.25, 0.3) is 0 Å². The molecular weight excluding hydrogens is 188 g/mol. The Morgan fingerprint density at radius 1 is 1.40 bits per heavy atom. The Kier molecular flexibility index (Phi) is 3.70. The normalized spacial score (nSPS) is 11.9. The van der Waals surface area contributed by atoms with Crippen molar-refractivity contribution in [1.29, 1.82) is 5.26 Å². The summed E-state index contributed by atoms with van der Waals surface area (Å²) in [7, 11) is 1.65. The summed E-state index contributed by atoms with van der Waals surface area (Å²) in [5, 5.41) is 8.60. The highest BCUT2D eigenvalue weighted by Gasteiger charge is 2.12. The Morgan fingerprint density at radius 2 is 2.07 bits per heavy atom. The van der Waals surface area contributed by atoms with Crippen LogP contribution < -0.4 is 10.5 Å². The highest BCUT2D eigenvalue weighted by Crippen LogP contribution is 2.27. The lowest BCUT2D eigenvalue weighted by Crippen LogP contribution is -2.11. The van der Waals surface area contributed by atoms with E-state index in [1.807, 2.05) is 26.0 Å². The highest BCUT2D eigenvalue weighted by atomic mass is 16.5. The average molecular weight is 204 g/mol. The molecule has 0 spiro atoms.